The maximum atomic E-state index is 6.25. The predicted octanol–water partition coefficient (Wildman–Crippen LogP) is 2.71. The number of nitrogens with zero attached hydrogens (tertiary/aromatic N) is 3. The third-order valence-electron chi connectivity index (χ3n) is 5.30. The fourth-order valence-electron chi connectivity index (χ4n) is 3.96. The molecule has 4 nitrogen and oxygen atoms in total. The van der Waals surface area contributed by atoms with E-state index >= 15 is 0 Å². The number of nitrogens with two attached hydrogens (primary N) is 1. The van der Waals surface area contributed by atoms with E-state index in [1.165, 1.54) is 50.1 Å². The summed E-state index contributed by atoms with van der Waals surface area (Å²) in [5.74, 6) is 0. The summed E-state index contributed by atoms with van der Waals surface area (Å²) >= 11 is 1.75. The van der Waals surface area contributed by atoms with E-state index in [-0.39, 0.29) is 5.54 Å². The zero-order valence-electron chi connectivity index (χ0n) is 13.0. The molecule has 1 saturated carbocycles. The van der Waals surface area contributed by atoms with Crippen LogP contribution >= 0.6 is 11.3 Å². The van der Waals surface area contributed by atoms with Gasteiger partial charge in [-0.05, 0) is 12.8 Å². The van der Waals surface area contributed by atoms with Crippen molar-refractivity contribution in [3.05, 3.63) is 11.6 Å². The number of thiazole rings is 1. The summed E-state index contributed by atoms with van der Waals surface area (Å²) in [6.45, 7) is 5.28. The molecule has 5 heteroatoms. The van der Waals surface area contributed by atoms with E-state index in [4.69, 9.17) is 5.73 Å². The average Bonchev–Trinajstić information content (AvgIpc) is 3.02. The molecule has 0 aromatic carbocycles. The highest BCUT2D eigenvalue weighted by Gasteiger charge is 2.37. The van der Waals surface area contributed by atoms with E-state index in [0.717, 1.165) is 32.7 Å². The van der Waals surface area contributed by atoms with Crippen LogP contribution in [0.4, 0.5) is 5.13 Å². The highest BCUT2D eigenvalue weighted by Crippen LogP contribution is 2.32. The molecule has 3 rings (SSSR count). The number of aromatic nitrogens is 1. The maximum absolute atomic E-state index is 6.25. The lowest BCUT2D eigenvalue weighted by molar-refractivity contribution is 0.0611. The molecule has 0 amide bonds. The summed E-state index contributed by atoms with van der Waals surface area (Å²) in [5, 5.41) is 3.24. The largest absolute Gasteiger partial charge is 0.346 e. The van der Waals surface area contributed by atoms with Gasteiger partial charge in [-0.15, -0.1) is 11.3 Å². The SMILES string of the molecule is NCC1(N2CCN(c3nccs3)CC2)CCCCCCC1. The van der Waals surface area contributed by atoms with Crippen LogP contribution < -0.4 is 10.6 Å². The number of piperazine rings is 1. The molecule has 1 aromatic heterocycles. The molecule has 1 aliphatic heterocycles. The van der Waals surface area contributed by atoms with Crippen LogP contribution in [0.1, 0.15) is 44.9 Å². The first-order chi connectivity index (χ1) is 10.3. The van der Waals surface area contributed by atoms with E-state index in [1.807, 2.05) is 6.20 Å². The van der Waals surface area contributed by atoms with E-state index in [2.05, 4.69) is 20.2 Å². The van der Waals surface area contributed by atoms with Crippen molar-refractivity contribution in [3.8, 4) is 0 Å². The number of rotatable bonds is 3. The number of hydrogen-bond donors (Lipinski definition) is 1. The fourth-order valence-corrected chi connectivity index (χ4v) is 4.65. The third-order valence-corrected chi connectivity index (χ3v) is 6.14. The minimum atomic E-state index is 0.273. The van der Waals surface area contributed by atoms with E-state index in [9.17, 15) is 0 Å². The molecule has 0 radical (unpaired) electrons. The summed E-state index contributed by atoms with van der Waals surface area (Å²) in [5.41, 5.74) is 6.53. The Morgan fingerprint density at radius 1 is 1.05 bits per heavy atom. The lowest BCUT2D eigenvalue weighted by Crippen LogP contribution is -2.60. The summed E-state index contributed by atoms with van der Waals surface area (Å²) < 4.78 is 0. The molecule has 2 N–H and O–H groups in total. The standard InChI is InChI=1S/C16H28N4S/c17-14-16(6-4-2-1-3-5-7-16)20-11-9-19(10-12-20)15-18-8-13-21-15/h8,13H,1-7,9-12,14,17H2. The van der Waals surface area contributed by atoms with Gasteiger partial charge in [-0.3, -0.25) is 4.90 Å². The molecular formula is C16H28N4S. The topological polar surface area (TPSA) is 45.4 Å². The normalized spacial score (nSPS) is 24.5. The van der Waals surface area contributed by atoms with Crippen LogP contribution in [-0.4, -0.2) is 48.1 Å². The maximum Gasteiger partial charge on any atom is 0.185 e. The highest BCUT2D eigenvalue weighted by molar-refractivity contribution is 7.13. The zero-order valence-corrected chi connectivity index (χ0v) is 13.8. The van der Waals surface area contributed by atoms with E-state index < -0.39 is 0 Å². The summed E-state index contributed by atoms with van der Waals surface area (Å²) in [6, 6.07) is 0. The van der Waals surface area contributed by atoms with Crippen molar-refractivity contribution in [3.63, 3.8) is 0 Å². The predicted molar refractivity (Wildman–Crippen MR) is 90.0 cm³/mol. The van der Waals surface area contributed by atoms with Crippen LogP contribution in [0.5, 0.6) is 0 Å². The molecule has 21 heavy (non-hydrogen) atoms. The second-order valence-corrected chi connectivity index (χ2v) is 7.36. The van der Waals surface area contributed by atoms with Gasteiger partial charge in [0.05, 0.1) is 0 Å². The van der Waals surface area contributed by atoms with Crippen LogP contribution in [0.15, 0.2) is 11.6 Å². The molecule has 1 aliphatic carbocycles. The van der Waals surface area contributed by atoms with Crippen LogP contribution in [-0.2, 0) is 0 Å². The minimum Gasteiger partial charge on any atom is -0.346 e. The van der Waals surface area contributed by atoms with Crippen molar-refractivity contribution in [2.45, 2.75) is 50.5 Å². The molecule has 2 heterocycles. The molecule has 0 bridgehead atoms. The van der Waals surface area contributed by atoms with E-state index in [0.29, 0.717) is 0 Å². The van der Waals surface area contributed by atoms with Crippen molar-refractivity contribution in [1.29, 1.82) is 0 Å². The second-order valence-electron chi connectivity index (χ2n) is 6.49. The minimum absolute atomic E-state index is 0.273. The van der Waals surface area contributed by atoms with Crippen LogP contribution in [0, 0.1) is 0 Å². The van der Waals surface area contributed by atoms with Crippen molar-refractivity contribution >= 4 is 16.5 Å². The summed E-state index contributed by atoms with van der Waals surface area (Å²) in [6.07, 6.45) is 11.4. The quantitative estimate of drug-likeness (QED) is 0.932. The fraction of sp³-hybridized carbons (Fsp3) is 0.812. The van der Waals surface area contributed by atoms with Gasteiger partial charge in [0.15, 0.2) is 5.13 Å². The Morgan fingerprint density at radius 3 is 2.29 bits per heavy atom. The monoisotopic (exact) mass is 308 g/mol. The molecule has 2 fully saturated rings. The summed E-state index contributed by atoms with van der Waals surface area (Å²) in [4.78, 5) is 9.57. The third kappa shape index (κ3) is 3.41. The van der Waals surface area contributed by atoms with Crippen molar-refractivity contribution in [2.24, 2.45) is 5.73 Å². The van der Waals surface area contributed by atoms with Gasteiger partial charge in [0.2, 0.25) is 0 Å². The van der Waals surface area contributed by atoms with Crippen molar-refractivity contribution in [2.75, 3.05) is 37.6 Å². The second kappa shape index (κ2) is 7.07. The summed E-state index contributed by atoms with van der Waals surface area (Å²) in [7, 11) is 0. The molecule has 1 aromatic rings. The van der Waals surface area contributed by atoms with Gasteiger partial charge in [0.1, 0.15) is 0 Å². The van der Waals surface area contributed by atoms with Crippen LogP contribution in [0.25, 0.3) is 0 Å². The van der Waals surface area contributed by atoms with Gasteiger partial charge in [0.25, 0.3) is 0 Å². The highest BCUT2D eigenvalue weighted by atomic mass is 32.1. The van der Waals surface area contributed by atoms with Crippen LogP contribution in [0.3, 0.4) is 0 Å². The van der Waals surface area contributed by atoms with Crippen molar-refractivity contribution in [1.82, 2.24) is 9.88 Å². The van der Waals surface area contributed by atoms with Crippen LogP contribution in [0.2, 0.25) is 0 Å². The Morgan fingerprint density at radius 2 is 1.71 bits per heavy atom. The number of anilines is 1. The average molecular weight is 308 g/mol. The Labute approximate surface area is 132 Å². The smallest absolute Gasteiger partial charge is 0.185 e. The Kier molecular flexibility index (Phi) is 5.14. The van der Waals surface area contributed by atoms with Gasteiger partial charge >= 0.3 is 0 Å². The first-order valence-corrected chi connectivity index (χ1v) is 9.32. The molecule has 0 spiro atoms. The Hall–Kier alpha value is -0.650. The van der Waals surface area contributed by atoms with Gasteiger partial charge < -0.3 is 10.6 Å². The molecule has 2 aliphatic rings. The molecular weight excluding hydrogens is 280 g/mol. The van der Waals surface area contributed by atoms with Gasteiger partial charge in [-0.2, -0.15) is 0 Å². The molecule has 0 unspecified atom stereocenters. The Balaban J connectivity index is 1.63. The number of hydrogen-bond acceptors (Lipinski definition) is 5. The zero-order chi connectivity index (χ0) is 14.5. The lowest BCUT2D eigenvalue weighted by Gasteiger charge is -2.48. The van der Waals surface area contributed by atoms with Crippen molar-refractivity contribution < 1.29 is 0 Å². The first kappa shape index (κ1) is 15.3. The van der Waals surface area contributed by atoms with E-state index in [1.54, 1.807) is 11.3 Å². The van der Waals surface area contributed by atoms with Gasteiger partial charge in [-0.25, -0.2) is 4.98 Å². The lowest BCUT2D eigenvalue weighted by atomic mass is 9.82. The Bertz CT molecular complexity index is 404. The molecule has 0 atom stereocenters. The van der Waals surface area contributed by atoms with Gasteiger partial charge in [0, 0.05) is 49.8 Å². The molecule has 118 valence electrons. The first-order valence-electron chi connectivity index (χ1n) is 8.44. The molecule has 1 saturated heterocycles. The van der Waals surface area contributed by atoms with Gasteiger partial charge in [-0.1, -0.05) is 32.1 Å².